The summed E-state index contributed by atoms with van der Waals surface area (Å²) in [5, 5.41) is 0. The van der Waals surface area contributed by atoms with Gasteiger partial charge in [0.05, 0.1) is 24.5 Å². The molecule has 0 radical (unpaired) electrons. The molecule has 0 unspecified atom stereocenters. The van der Waals surface area contributed by atoms with Crippen LogP contribution in [0.1, 0.15) is 79.9 Å². The van der Waals surface area contributed by atoms with Gasteiger partial charge in [0.1, 0.15) is 17.8 Å². The minimum Gasteiger partial charge on any atom is -0.466 e. The number of hydrogen-bond donors (Lipinski definition) is 0. The standard InChI is InChI=1S/C28H37N3O5S/c1-2-36-28(33)14-15-37(34,35)19-23-12-8-21(9-13-23)16-26(32)25-17-27(30-20-29-25)31(18-22-10-11-22)24-6-4-3-5-7-24/h8-9,12-13,17,20,22,24H,2-7,10-11,14-16,18-19H2,1H3. The van der Waals surface area contributed by atoms with E-state index in [2.05, 4.69) is 14.9 Å². The van der Waals surface area contributed by atoms with Gasteiger partial charge in [-0.25, -0.2) is 18.4 Å². The molecular weight excluding hydrogens is 490 g/mol. The number of sulfone groups is 1. The van der Waals surface area contributed by atoms with Crippen LogP contribution in [0.25, 0.3) is 0 Å². The molecule has 8 nitrogen and oxygen atoms in total. The summed E-state index contributed by atoms with van der Waals surface area (Å²) in [5.74, 6) is 0.564. The zero-order valence-corrected chi connectivity index (χ0v) is 22.4. The fourth-order valence-corrected chi connectivity index (χ4v) is 6.21. The molecule has 0 atom stereocenters. The van der Waals surface area contributed by atoms with Gasteiger partial charge in [-0.3, -0.25) is 9.59 Å². The summed E-state index contributed by atoms with van der Waals surface area (Å²) in [6.07, 6.45) is 10.2. The molecule has 200 valence electrons. The molecule has 4 rings (SSSR count). The molecule has 0 spiro atoms. The van der Waals surface area contributed by atoms with Crippen LogP contribution in [0.5, 0.6) is 0 Å². The second-order valence-electron chi connectivity index (χ2n) is 10.2. The van der Waals surface area contributed by atoms with Crippen molar-refractivity contribution in [3.05, 3.63) is 53.5 Å². The van der Waals surface area contributed by atoms with Gasteiger partial charge in [0.25, 0.3) is 0 Å². The second kappa shape index (κ2) is 12.6. The van der Waals surface area contributed by atoms with E-state index in [4.69, 9.17) is 4.74 Å². The number of aromatic nitrogens is 2. The summed E-state index contributed by atoms with van der Waals surface area (Å²) in [6.45, 7) is 2.91. The summed E-state index contributed by atoms with van der Waals surface area (Å²) in [4.78, 5) is 35.8. The van der Waals surface area contributed by atoms with Crippen LogP contribution in [0.4, 0.5) is 5.82 Å². The number of nitrogens with zero attached hydrogens (tertiary/aromatic N) is 3. The second-order valence-corrected chi connectivity index (χ2v) is 12.4. The molecule has 2 aromatic rings. The van der Waals surface area contributed by atoms with E-state index in [0.717, 1.165) is 23.8 Å². The molecule has 0 saturated heterocycles. The molecule has 9 heteroatoms. The third-order valence-corrected chi connectivity index (χ3v) is 8.70. The SMILES string of the molecule is CCOC(=O)CCS(=O)(=O)Cc1ccc(CC(=O)c2cc(N(CC3CC3)C3CCCCC3)ncn2)cc1. The molecule has 0 N–H and O–H groups in total. The van der Waals surface area contributed by atoms with Gasteiger partial charge in [-0.15, -0.1) is 0 Å². The highest BCUT2D eigenvalue weighted by molar-refractivity contribution is 7.90. The largest absolute Gasteiger partial charge is 0.466 e. The van der Waals surface area contributed by atoms with Crippen LogP contribution >= 0.6 is 0 Å². The molecule has 2 aliphatic carbocycles. The van der Waals surface area contributed by atoms with Gasteiger partial charge in [0, 0.05) is 25.1 Å². The van der Waals surface area contributed by atoms with Gasteiger partial charge in [0.2, 0.25) is 0 Å². The van der Waals surface area contributed by atoms with E-state index in [1.54, 1.807) is 31.2 Å². The van der Waals surface area contributed by atoms with E-state index >= 15 is 0 Å². The van der Waals surface area contributed by atoms with Crippen molar-refractivity contribution >= 4 is 27.4 Å². The molecular formula is C28H37N3O5S. The maximum atomic E-state index is 13.1. The first-order chi connectivity index (χ1) is 17.8. The molecule has 1 aromatic carbocycles. The first-order valence-corrected chi connectivity index (χ1v) is 15.2. The fourth-order valence-electron chi connectivity index (χ4n) is 4.88. The van der Waals surface area contributed by atoms with Crippen LogP contribution in [-0.2, 0) is 31.5 Å². The Morgan fingerprint density at radius 1 is 1.00 bits per heavy atom. The summed E-state index contributed by atoms with van der Waals surface area (Å²) in [7, 11) is -3.44. The Morgan fingerprint density at radius 3 is 2.38 bits per heavy atom. The molecule has 1 aromatic heterocycles. The summed E-state index contributed by atoms with van der Waals surface area (Å²) in [6, 6.07) is 9.31. The minimum absolute atomic E-state index is 0.0894. The summed E-state index contributed by atoms with van der Waals surface area (Å²) in [5.41, 5.74) is 1.82. The molecule has 0 bridgehead atoms. The van der Waals surface area contributed by atoms with Crippen molar-refractivity contribution in [3.8, 4) is 0 Å². The maximum Gasteiger partial charge on any atom is 0.306 e. The monoisotopic (exact) mass is 527 g/mol. The van der Waals surface area contributed by atoms with Gasteiger partial charge in [-0.1, -0.05) is 43.5 Å². The topological polar surface area (TPSA) is 107 Å². The van der Waals surface area contributed by atoms with Gasteiger partial charge in [-0.05, 0) is 49.7 Å². The van der Waals surface area contributed by atoms with Crippen LogP contribution in [-0.4, -0.2) is 55.1 Å². The van der Waals surface area contributed by atoms with Crippen molar-refractivity contribution in [3.63, 3.8) is 0 Å². The molecule has 1 heterocycles. The third-order valence-electron chi connectivity index (χ3n) is 7.10. The van der Waals surface area contributed by atoms with E-state index in [9.17, 15) is 18.0 Å². The molecule has 2 fully saturated rings. The number of ether oxygens (including phenoxy) is 1. The first-order valence-electron chi connectivity index (χ1n) is 13.4. The molecule has 2 aliphatic rings. The molecule has 0 aliphatic heterocycles. The Bertz CT molecular complexity index is 1170. The van der Waals surface area contributed by atoms with E-state index in [1.807, 2.05) is 6.07 Å². The number of rotatable bonds is 13. The van der Waals surface area contributed by atoms with Gasteiger partial charge >= 0.3 is 5.97 Å². The first kappa shape index (κ1) is 27.2. The lowest BCUT2D eigenvalue weighted by molar-refractivity contribution is -0.142. The zero-order valence-electron chi connectivity index (χ0n) is 21.6. The highest BCUT2D eigenvalue weighted by Gasteiger charge is 2.30. The Balaban J connectivity index is 1.37. The van der Waals surface area contributed by atoms with Crippen molar-refractivity contribution in [1.29, 1.82) is 0 Å². The van der Waals surface area contributed by atoms with Crippen LogP contribution in [0.3, 0.4) is 0 Å². The smallest absolute Gasteiger partial charge is 0.306 e. The molecule has 0 amide bonds. The predicted molar refractivity (Wildman–Crippen MR) is 142 cm³/mol. The Morgan fingerprint density at radius 2 is 1.70 bits per heavy atom. The van der Waals surface area contributed by atoms with Gasteiger partial charge < -0.3 is 9.64 Å². The Kier molecular flexibility index (Phi) is 9.29. The summed E-state index contributed by atoms with van der Waals surface area (Å²) < 4.78 is 29.5. The number of carbonyl (C=O) groups is 2. The number of ketones is 1. The average molecular weight is 528 g/mol. The van der Waals surface area contributed by atoms with Crippen molar-refractivity contribution in [1.82, 2.24) is 9.97 Å². The number of Topliss-reactive ketones (excluding diaryl/α,β-unsaturated/α-hetero) is 1. The summed E-state index contributed by atoms with van der Waals surface area (Å²) >= 11 is 0. The lowest BCUT2D eigenvalue weighted by atomic mass is 9.94. The number of anilines is 1. The number of hydrogen-bond acceptors (Lipinski definition) is 8. The van der Waals surface area contributed by atoms with Crippen LogP contribution in [0.15, 0.2) is 36.7 Å². The normalized spacial score (nSPS) is 16.4. The van der Waals surface area contributed by atoms with E-state index in [0.29, 0.717) is 17.3 Å². The highest BCUT2D eigenvalue weighted by atomic mass is 32.2. The van der Waals surface area contributed by atoms with Crippen molar-refractivity contribution in [2.75, 3.05) is 23.8 Å². The number of esters is 1. The maximum absolute atomic E-state index is 13.1. The quantitative estimate of drug-likeness (QED) is 0.280. The average Bonchev–Trinajstić information content (AvgIpc) is 3.72. The number of benzene rings is 1. The third kappa shape index (κ3) is 8.35. The van der Waals surface area contributed by atoms with Crippen LogP contribution < -0.4 is 4.90 Å². The molecule has 37 heavy (non-hydrogen) atoms. The van der Waals surface area contributed by atoms with Crippen molar-refractivity contribution in [2.45, 2.75) is 76.5 Å². The van der Waals surface area contributed by atoms with Crippen LogP contribution in [0.2, 0.25) is 0 Å². The Hall–Kier alpha value is -2.81. The Labute approximate surface area is 219 Å². The highest BCUT2D eigenvalue weighted by Crippen LogP contribution is 2.34. The van der Waals surface area contributed by atoms with Gasteiger partial charge in [0.15, 0.2) is 15.6 Å². The van der Waals surface area contributed by atoms with Crippen molar-refractivity contribution in [2.24, 2.45) is 5.92 Å². The predicted octanol–water partition coefficient (Wildman–Crippen LogP) is 4.32. The van der Waals surface area contributed by atoms with Gasteiger partial charge in [-0.2, -0.15) is 0 Å². The van der Waals surface area contributed by atoms with Crippen LogP contribution in [0, 0.1) is 5.92 Å². The van der Waals surface area contributed by atoms with E-state index in [1.165, 1.54) is 51.3 Å². The zero-order chi connectivity index (χ0) is 26.3. The lowest BCUT2D eigenvalue weighted by Gasteiger charge is -2.35. The lowest BCUT2D eigenvalue weighted by Crippen LogP contribution is -2.39. The minimum atomic E-state index is -3.44. The fraction of sp³-hybridized carbons (Fsp3) is 0.571. The van der Waals surface area contributed by atoms with Crippen molar-refractivity contribution < 1.29 is 22.7 Å². The number of carbonyl (C=O) groups excluding carboxylic acids is 2. The van der Waals surface area contributed by atoms with E-state index in [-0.39, 0.29) is 36.7 Å². The molecule has 2 saturated carbocycles. The van der Waals surface area contributed by atoms with E-state index < -0.39 is 15.8 Å².